The van der Waals surface area contributed by atoms with E-state index in [0.29, 0.717) is 0 Å². The zero-order valence-corrected chi connectivity index (χ0v) is 11.4. The van der Waals surface area contributed by atoms with Gasteiger partial charge in [-0.1, -0.05) is 43.7 Å². The van der Waals surface area contributed by atoms with Crippen LogP contribution in [-0.4, -0.2) is 18.8 Å². The van der Waals surface area contributed by atoms with Crippen molar-refractivity contribution < 1.29 is 0 Å². The predicted molar refractivity (Wildman–Crippen MR) is 75.0 cm³/mol. The summed E-state index contributed by atoms with van der Waals surface area (Å²) in [5.74, 6) is 3.08. The molecule has 16 heavy (non-hydrogen) atoms. The van der Waals surface area contributed by atoms with Crippen molar-refractivity contribution >= 4 is 11.8 Å². The van der Waals surface area contributed by atoms with E-state index in [4.69, 9.17) is 0 Å². The second-order valence-corrected chi connectivity index (χ2v) is 5.74. The van der Waals surface area contributed by atoms with E-state index in [1.165, 1.54) is 16.9 Å². The zero-order valence-electron chi connectivity index (χ0n) is 10.6. The molecule has 0 amide bonds. The fraction of sp³-hybridized carbons (Fsp3) is 0.571. The average molecular weight is 237 g/mol. The summed E-state index contributed by atoms with van der Waals surface area (Å²) in [7, 11) is 0. The minimum absolute atomic E-state index is 0.752. The van der Waals surface area contributed by atoms with E-state index in [0.717, 1.165) is 24.8 Å². The Balaban J connectivity index is 2.07. The van der Waals surface area contributed by atoms with Crippen LogP contribution in [0.15, 0.2) is 24.3 Å². The summed E-state index contributed by atoms with van der Waals surface area (Å²) in [4.78, 5) is 0. The molecule has 0 aliphatic carbocycles. The molecule has 0 unspecified atom stereocenters. The Bertz CT molecular complexity index is 297. The minimum atomic E-state index is 0.752. The smallest absolute Gasteiger partial charge is 0.0185 e. The topological polar surface area (TPSA) is 12.0 Å². The van der Waals surface area contributed by atoms with Crippen molar-refractivity contribution in [3.63, 3.8) is 0 Å². The van der Waals surface area contributed by atoms with Crippen LogP contribution in [0.25, 0.3) is 0 Å². The highest BCUT2D eigenvalue weighted by Gasteiger charge is 1.95. The predicted octanol–water partition coefficient (Wildman–Crippen LogP) is 3.47. The Hall–Kier alpha value is -0.470. The zero-order chi connectivity index (χ0) is 11.8. The third-order valence-electron chi connectivity index (χ3n) is 2.33. The molecule has 0 heterocycles. The van der Waals surface area contributed by atoms with Crippen LogP contribution >= 0.6 is 11.8 Å². The first kappa shape index (κ1) is 13.6. The second kappa shape index (κ2) is 7.75. The molecule has 0 saturated heterocycles. The maximum absolute atomic E-state index is 3.46. The Labute approximate surface area is 104 Å². The number of thioether (sulfide) groups is 1. The summed E-state index contributed by atoms with van der Waals surface area (Å²) < 4.78 is 0. The minimum Gasteiger partial charge on any atom is -0.316 e. The summed E-state index contributed by atoms with van der Waals surface area (Å²) >= 11 is 2.00. The molecule has 0 fully saturated rings. The van der Waals surface area contributed by atoms with Gasteiger partial charge in [-0.05, 0) is 24.9 Å². The van der Waals surface area contributed by atoms with E-state index in [1.807, 2.05) is 11.8 Å². The van der Waals surface area contributed by atoms with Crippen molar-refractivity contribution in [3.8, 4) is 0 Å². The fourth-order valence-electron chi connectivity index (χ4n) is 1.53. The van der Waals surface area contributed by atoms with Crippen molar-refractivity contribution in [3.05, 3.63) is 35.4 Å². The van der Waals surface area contributed by atoms with Gasteiger partial charge in [0, 0.05) is 18.1 Å². The van der Waals surface area contributed by atoms with Gasteiger partial charge >= 0.3 is 0 Å². The third kappa shape index (κ3) is 6.19. The number of benzene rings is 1. The number of hydrogen-bond donors (Lipinski definition) is 1. The van der Waals surface area contributed by atoms with Gasteiger partial charge in [0.2, 0.25) is 0 Å². The molecule has 1 nitrogen and oxygen atoms in total. The molecule has 1 aromatic rings. The first-order chi connectivity index (χ1) is 7.68. The molecule has 0 spiro atoms. The Kier molecular flexibility index (Phi) is 6.58. The molecule has 2 heteroatoms. The summed E-state index contributed by atoms with van der Waals surface area (Å²) in [5.41, 5.74) is 2.80. The highest BCUT2D eigenvalue weighted by Crippen LogP contribution is 2.12. The first-order valence-electron chi connectivity index (χ1n) is 6.02. The van der Waals surface area contributed by atoms with Crippen LogP contribution < -0.4 is 5.32 Å². The number of nitrogens with one attached hydrogen (secondary N) is 1. The molecule has 1 rings (SSSR count). The van der Waals surface area contributed by atoms with Crippen molar-refractivity contribution in [2.45, 2.75) is 26.5 Å². The standard InChI is InChI=1S/C14H23NS/c1-12(2)10-15-7-8-16-11-14-6-4-5-13(3)9-14/h4-6,9,12,15H,7-8,10-11H2,1-3H3. The largest absolute Gasteiger partial charge is 0.316 e. The van der Waals surface area contributed by atoms with Crippen molar-refractivity contribution in [2.75, 3.05) is 18.8 Å². The van der Waals surface area contributed by atoms with E-state index in [1.54, 1.807) is 0 Å². The lowest BCUT2D eigenvalue weighted by Gasteiger charge is -2.07. The van der Waals surface area contributed by atoms with Crippen LogP contribution in [-0.2, 0) is 5.75 Å². The summed E-state index contributed by atoms with van der Waals surface area (Å²) in [5, 5.41) is 3.46. The second-order valence-electron chi connectivity index (χ2n) is 4.64. The lowest BCUT2D eigenvalue weighted by Crippen LogP contribution is -2.22. The van der Waals surface area contributed by atoms with Gasteiger partial charge in [0.25, 0.3) is 0 Å². The van der Waals surface area contributed by atoms with E-state index < -0.39 is 0 Å². The molecule has 0 aromatic heterocycles. The molecule has 0 saturated carbocycles. The molecule has 0 bridgehead atoms. The Morgan fingerprint density at radius 2 is 2.12 bits per heavy atom. The maximum Gasteiger partial charge on any atom is 0.0185 e. The molecule has 0 aliphatic heterocycles. The van der Waals surface area contributed by atoms with Gasteiger partial charge in [-0.15, -0.1) is 0 Å². The molecule has 90 valence electrons. The first-order valence-corrected chi connectivity index (χ1v) is 7.18. The highest BCUT2D eigenvalue weighted by molar-refractivity contribution is 7.98. The van der Waals surface area contributed by atoms with Crippen molar-refractivity contribution in [1.29, 1.82) is 0 Å². The highest BCUT2D eigenvalue weighted by atomic mass is 32.2. The monoisotopic (exact) mass is 237 g/mol. The van der Waals surface area contributed by atoms with Crippen LogP contribution in [0.1, 0.15) is 25.0 Å². The molecule has 1 N–H and O–H groups in total. The molecule has 0 aliphatic rings. The summed E-state index contributed by atoms with van der Waals surface area (Å²) in [6.45, 7) is 8.89. The van der Waals surface area contributed by atoms with Gasteiger partial charge in [0.15, 0.2) is 0 Å². The quantitative estimate of drug-likeness (QED) is 0.729. The van der Waals surface area contributed by atoms with Gasteiger partial charge in [-0.2, -0.15) is 11.8 Å². The van der Waals surface area contributed by atoms with Gasteiger partial charge in [0.1, 0.15) is 0 Å². The van der Waals surface area contributed by atoms with E-state index in [2.05, 4.69) is 50.4 Å². The molecule has 0 radical (unpaired) electrons. The third-order valence-corrected chi connectivity index (χ3v) is 3.36. The number of hydrogen-bond acceptors (Lipinski definition) is 2. The normalized spacial score (nSPS) is 11.0. The summed E-state index contributed by atoms with van der Waals surface area (Å²) in [6, 6.07) is 8.77. The van der Waals surface area contributed by atoms with Gasteiger partial charge in [-0.25, -0.2) is 0 Å². The molecular formula is C14H23NS. The molecule has 1 aromatic carbocycles. The van der Waals surface area contributed by atoms with E-state index in [-0.39, 0.29) is 0 Å². The van der Waals surface area contributed by atoms with Crippen LogP contribution in [0.4, 0.5) is 0 Å². The lowest BCUT2D eigenvalue weighted by molar-refractivity contribution is 0.568. The number of rotatable bonds is 7. The molecule has 0 atom stereocenters. The van der Waals surface area contributed by atoms with Crippen molar-refractivity contribution in [1.82, 2.24) is 5.32 Å². The van der Waals surface area contributed by atoms with E-state index in [9.17, 15) is 0 Å². The fourth-order valence-corrected chi connectivity index (χ4v) is 2.38. The van der Waals surface area contributed by atoms with Crippen molar-refractivity contribution in [2.24, 2.45) is 5.92 Å². The molecular weight excluding hydrogens is 214 g/mol. The lowest BCUT2D eigenvalue weighted by atomic mass is 10.2. The van der Waals surface area contributed by atoms with Crippen LogP contribution in [0, 0.1) is 12.8 Å². The SMILES string of the molecule is Cc1cccc(CSCCNCC(C)C)c1. The van der Waals surface area contributed by atoms with Gasteiger partial charge in [0.05, 0.1) is 0 Å². The van der Waals surface area contributed by atoms with Gasteiger partial charge < -0.3 is 5.32 Å². The maximum atomic E-state index is 3.46. The van der Waals surface area contributed by atoms with Crippen LogP contribution in [0.5, 0.6) is 0 Å². The van der Waals surface area contributed by atoms with Gasteiger partial charge in [-0.3, -0.25) is 0 Å². The summed E-state index contributed by atoms with van der Waals surface area (Å²) in [6.07, 6.45) is 0. The van der Waals surface area contributed by atoms with E-state index >= 15 is 0 Å². The Morgan fingerprint density at radius 1 is 1.31 bits per heavy atom. The Morgan fingerprint density at radius 3 is 2.81 bits per heavy atom. The van der Waals surface area contributed by atoms with Crippen LogP contribution in [0.2, 0.25) is 0 Å². The average Bonchev–Trinajstić information content (AvgIpc) is 2.23. The van der Waals surface area contributed by atoms with Crippen LogP contribution in [0.3, 0.4) is 0 Å². The number of aryl methyl sites for hydroxylation is 1.